The van der Waals surface area contributed by atoms with E-state index in [1.165, 1.54) is 29.5 Å². The first-order valence-electron chi connectivity index (χ1n) is 21.0. The summed E-state index contributed by atoms with van der Waals surface area (Å²) in [4.78, 5) is 35.1. The van der Waals surface area contributed by atoms with Crippen LogP contribution >= 0.6 is 0 Å². The number of H-pyrrole nitrogens is 1. The first-order chi connectivity index (χ1) is 29.6. The largest absolute Gasteiger partial charge is 0.455 e. The predicted molar refractivity (Wildman–Crippen MR) is 230 cm³/mol. The maximum Gasteiger partial charge on any atom is 0.293 e. The van der Waals surface area contributed by atoms with Crippen molar-refractivity contribution in [2.45, 2.75) is 74.3 Å². The van der Waals surface area contributed by atoms with E-state index in [0.717, 1.165) is 80.5 Å². The van der Waals surface area contributed by atoms with Crippen molar-refractivity contribution in [2.75, 3.05) is 31.6 Å². The normalized spacial score (nSPS) is 22.0. The van der Waals surface area contributed by atoms with Crippen LogP contribution in [0.1, 0.15) is 90.4 Å². The average molecular weight is 842 g/mol. The number of sulfonamides is 1. The number of aromatic amines is 1. The predicted octanol–water partition coefficient (Wildman–Crippen LogP) is 8.62. The highest BCUT2D eigenvalue weighted by molar-refractivity contribution is 7.90. The van der Waals surface area contributed by atoms with Gasteiger partial charge in [-0.05, 0) is 122 Å². The summed E-state index contributed by atoms with van der Waals surface area (Å²) in [5, 5.41) is 25.5. The first-order valence-corrected chi connectivity index (χ1v) is 22.5. The molecule has 0 bridgehead atoms. The second-order valence-electron chi connectivity index (χ2n) is 16.5. The highest BCUT2D eigenvalue weighted by atomic mass is 32.2. The van der Waals surface area contributed by atoms with E-state index in [2.05, 4.69) is 61.3 Å². The van der Waals surface area contributed by atoms with Crippen LogP contribution in [0, 0.1) is 33.3 Å². The van der Waals surface area contributed by atoms with Crippen LogP contribution in [0.5, 0.6) is 11.5 Å². The van der Waals surface area contributed by atoms with Crippen molar-refractivity contribution in [1.82, 2.24) is 19.6 Å². The van der Waals surface area contributed by atoms with E-state index in [1.54, 1.807) is 30.5 Å². The number of carbonyl (C=O) groups is 1. The van der Waals surface area contributed by atoms with Crippen molar-refractivity contribution >= 4 is 43.9 Å². The Kier molecular flexibility index (Phi) is 11.3. The number of nitrogens with zero attached hydrogens (tertiary/aromatic N) is 4. The molecule has 0 spiro atoms. The molecule has 2 saturated heterocycles. The number of anilines is 1. The summed E-state index contributed by atoms with van der Waals surface area (Å²) in [6.07, 6.45) is 12.9. The van der Waals surface area contributed by atoms with Crippen LogP contribution in [0.15, 0.2) is 96.2 Å². The highest BCUT2D eigenvalue weighted by Crippen LogP contribution is 2.51. The third kappa shape index (κ3) is 8.61. The Hall–Kier alpha value is -6.08. The molecule has 61 heavy (non-hydrogen) atoms. The molecule has 14 nitrogen and oxygen atoms in total. The van der Waals surface area contributed by atoms with Gasteiger partial charge in [0.25, 0.3) is 21.6 Å². The van der Waals surface area contributed by atoms with Crippen molar-refractivity contribution < 1.29 is 27.6 Å². The molecule has 4 aliphatic rings. The zero-order valence-electron chi connectivity index (χ0n) is 33.6. The Morgan fingerprint density at radius 1 is 1.05 bits per heavy atom. The first kappa shape index (κ1) is 40.3. The average Bonchev–Trinajstić information content (AvgIpc) is 3.63. The molecule has 15 heteroatoms. The van der Waals surface area contributed by atoms with Crippen molar-refractivity contribution in [1.29, 1.82) is 5.26 Å². The Morgan fingerprint density at radius 2 is 1.89 bits per heavy atom. The van der Waals surface area contributed by atoms with E-state index >= 15 is 0 Å². The Morgan fingerprint density at radius 3 is 2.66 bits per heavy atom. The molecule has 5 aromatic rings. The number of benzene rings is 3. The Bertz CT molecular complexity index is 2670. The minimum atomic E-state index is -4.56. The van der Waals surface area contributed by atoms with Crippen LogP contribution in [-0.2, 0) is 14.8 Å². The molecule has 4 heterocycles. The standard InChI is InChI=1S/C46H47N7O7S/c47-26-33-23-40(33)37-4-1-2-5-38(37)42-6-3-19-52(42)34-10-7-30(8-11-34)31-9-13-39(44(24-31)60-35-22-32-15-18-48-45(32)50-28-35)46(54)51-61(57,58)36-12-14-41(43(25-36)53(55)56)49-27-29-16-20-59-21-17-29/h1-2,4-5,7,9,12-15,18,22,24-25,28-29,33-34,40,42,49H,3,6,8,10-11,16-17,19-21,23,27H2,(H,48,50)(H,51,54)/t33-,34?,40+,42?/m0/s1. The van der Waals surface area contributed by atoms with Crippen LogP contribution in [0.2, 0.25) is 0 Å². The molecule has 3 N–H and O–H groups in total. The number of nitrogens with one attached hydrogen (secondary N) is 3. The van der Waals surface area contributed by atoms with Crippen molar-refractivity contribution in [3.63, 3.8) is 0 Å². The summed E-state index contributed by atoms with van der Waals surface area (Å²) in [6.45, 7) is 2.76. The highest BCUT2D eigenvalue weighted by Gasteiger charge is 2.42. The lowest BCUT2D eigenvalue weighted by atomic mass is 9.88. The molecule has 0 radical (unpaired) electrons. The molecule has 2 aliphatic heterocycles. The fraction of sp³-hybridized carbons (Fsp3) is 0.370. The maximum atomic E-state index is 13.9. The van der Waals surface area contributed by atoms with Gasteiger partial charge in [-0.2, -0.15) is 5.26 Å². The van der Waals surface area contributed by atoms with Gasteiger partial charge in [-0.3, -0.25) is 19.8 Å². The maximum absolute atomic E-state index is 13.9. The van der Waals surface area contributed by atoms with Gasteiger partial charge in [-0.25, -0.2) is 18.1 Å². The number of nitriles is 1. The van der Waals surface area contributed by atoms with Crippen LogP contribution in [-0.4, -0.2) is 66.5 Å². The number of hydrogen-bond acceptors (Lipinski definition) is 11. The topological polar surface area (TPSA) is 193 Å². The number of amides is 1. The Labute approximate surface area is 354 Å². The van der Waals surface area contributed by atoms with Gasteiger partial charge < -0.3 is 19.8 Å². The number of nitro groups is 1. The molecular formula is C46H47N7O7S. The second-order valence-corrected chi connectivity index (χ2v) is 18.1. The minimum absolute atomic E-state index is 0.0344. The summed E-state index contributed by atoms with van der Waals surface area (Å²) in [6, 6.07) is 24.1. The van der Waals surface area contributed by atoms with Gasteiger partial charge in [0.1, 0.15) is 22.8 Å². The zero-order chi connectivity index (χ0) is 42.1. The molecule has 2 aromatic heterocycles. The van der Waals surface area contributed by atoms with Crippen LogP contribution < -0.4 is 14.8 Å². The molecule has 2 unspecified atom stereocenters. The fourth-order valence-electron chi connectivity index (χ4n) is 9.29. The monoisotopic (exact) mass is 841 g/mol. The molecule has 1 amide bonds. The van der Waals surface area contributed by atoms with Crippen molar-refractivity contribution in [2.24, 2.45) is 11.8 Å². The smallest absolute Gasteiger partial charge is 0.293 e. The van der Waals surface area contributed by atoms with Crippen LogP contribution in [0.3, 0.4) is 0 Å². The lowest BCUT2D eigenvalue weighted by molar-refractivity contribution is -0.384. The summed E-state index contributed by atoms with van der Waals surface area (Å²) in [5.74, 6) is 0.241. The molecule has 4 atom stereocenters. The molecule has 2 aliphatic carbocycles. The van der Waals surface area contributed by atoms with Gasteiger partial charge in [-0.15, -0.1) is 0 Å². The number of nitro benzene ring substituents is 1. The van der Waals surface area contributed by atoms with Crippen molar-refractivity contribution in [3.8, 4) is 17.6 Å². The number of pyridine rings is 1. The van der Waals surface area contributed by atoms with E-state index in [4.69, 9.17) is 9.47 Å². The van der Waals surface area contributed by atoms with Crippen LogP contribution in [0.4, 0.5) is 11.4 Å². The third-order valence-electron chi connectivity index (χ3n) is 12.7. The lowest BCUT2D eigenvalue weighted by Crippen LogP contribution is -2.36. The third-order valence-corrected chi connectivity index (χ3v) is 14.0. The van der Waals surface area contributed by atoms with Gasteiger partial charge in [0.15, 0.2) is 0 Å². The Balaban J connectivity index is 0.951. The minimum Gasteiger partial charge on any atom is -0.455 e. The summed E-state index contributed by atoms with van der Waals surface area (Å²) in [5.41, 5.74) is 5.03. The van der Waals surface area contributed by atoms with E-state index < -0.39 is 31.4 Å². The lowest BCUT2D eigenvalue weighted by Gasteiger charge is -2.36. The SMILES string of the molecule is N#C[C@@H]1C[C@H]1c1ccccc1C1CCCN1C1CC=C(c2ccc(C(=O)NS(=O)(=O)c3ccc(NCC4CCOCC4)c([N+](=O)[O-])c3)c(Oc3cnc4[nH]ccc4c3)c2)CC1. The number of aromatic nitrogens is 2. The summed E-state index contributed by atoms with van der Waals surface area (Å²) < 4.78 is 41.2. The number of rotatable bonds is 13. The number of likely N-dealkylation sites (tertiary alicyclic amines) is 1. The number of carbonyl (C=O) groups excluding carboxylic acids is 1. The number of allylic oxidation sites excluding steroid dienone is 1. The molecule has 3 fully saturated rings. The van der Waals surface area contributed by atoms with Gasteiger partial charge in [0.2, 0.25) is 0 Å². The summed E-state index contributed by atoms with van der Waals surface area (Å²) in [7, 11) is -4.56. The molecule has 314 valence electrons. The van der Waals surface area contributed by atoms with E-state index in [1.807, 2.05) is 6.07 Å². The fourth-order valence-corrected chi connectivity index (χ4v) is 10.3. The van der Waals surface area contributed by atoms with Crippen molar-refractivity contribution in [3.05, 3.63) is 124 Å². The summed E-state index contributed by atoms with van der Waals surface area (Å²) >= 11 is 0. The second kappa shape index (κ2) is 17.1. The molecule has 3 aromatic carbocycles. The van der Waals surface area contributed by atoms with Gasteiger partial charge >= 0.3 is 0 Å². The molecular weight excluding hydrogens is 795 g/mol. The van der Waals surface area contributed by atoms with E-state index in [0.29, 0.717) is 49.2 Å². The van der Waals surface area contributed by atoms with E-state index in [9.17, 15) is 28.6 Å². The van der Waals surface area contributed by atoms with Gasteiger partial charge in [-0.1, -0.05) is 36.4 Å². The van der Waals surface area contributed by atoms with Gasteiger partial charge in [0.05, 0.1) is 33.6 Å². The number of fused-ring (bicyclic) bond motifs is 1. The van der Waals surface area contributed by atoms with Crippen LogP contribution in [0.25, 0.3) is 16.6 Å². The van der Waals surface area contributed by atoms with E-state index in [-0.39, 0.29) is 28.8 Å². The zero-order valence-corrected chi connectivity index (χ0v) is 34.4. The molecule has 9 rings (SSSR count). The van der Waals surface area contributed by atoms with Gasteiger partial charge in [0, 0.05) is 55.4 Å². The number of hydrogen-bond donors (Lipinski definition) is 3. The molecule has 1 saturated carbocycles. The number of ether oxygens (including phenoxy) is 2. The quantitative estimate of drug-likeness (QED) is 0.0759.